The molecule has 12 heteroatoms. The van der Waals surface area contributed by atoms with Crippen LogP contribution in [-0.4, -0.2) is 59.5 Å². The Labute approximate surface area is 201 Å². The number of carboxylic acids is 1. The molecule has 1 aliphatic rings. The van der Waals surface area contributed by atoms with Gasteiger partial charge in [0.1, 0.15) is 11.1 Å². The monoisotopic (exact) mass is 494 g/mol. The molecular weight excluding hydrogens is 476 g/mol. The van der Waals surface area contributed by atoms with E-state index in [1.807, 2.05) is 0 Å². The molecule has 11 nitrogen and oxygen atoms in total. The first-order valence-electron chi connectivity index (χ1n) is 10.2. The maximum atomic E-state index is 13.3. The third-order valence-corrected chi connectivity index (χ3v) is 6.55. The van der Waals surface area contributed by atoms with Crippen molar-refractivity contribution in [3.05, 3.63) is 56.8 Å². The summed E-state index contributed by atoms with van der Waals surface area (Å²) in [5.74, 6) is -0.230. The van der Waals surface area contributed by atoms with Crippen molar-refractivity contribution >= 4 is 39.4 Å². The van der Waals surface area contributed by atoms with Gasteiger partial charge in [-0.25, -0.2) is 0 Å². The second-order valence-corrected chi connectivity index (χ2v) is 8.43. The van der Waals surface area contributed by atoms with Crippen LogP contribution in [0.15, 0.2) is 41.2 Å². The fraction of sp³-hybridized carbons (Fsp3) is 0.174. The number of hydrogen-bond acceptors (Lipinski definition) is 9. The SMILES string of the molecule is COc1cc(-c2nc3sc(=C4C(=O)N(CC(=O)O)c5ccccc54)c(=O)n3n2)cc(OC)c1OC. The Bertz CT molecular complexity index is 1600. The highest BCUT2D eigenvalue weighted by Crippen LogP contribution is 2.40. The van der Waals surface area contributed by atoms with Gasteiger partial charge in [-0.2, -0.15) is 9.50 Å². The Balaban J connectivity index is 1.68. The number of carbonyl (C=O) groups excluding carboxylic acids is 1. The number of nitrogens with zero attached hydrogens (tertiary/aromatic N) is 4. The van der Waals surface area contributed by atoms with Gasteiger partial charge in [-0.3, -0.25) is 19.3 Å². The van der Waals surface area contributed by atoms with Gasteiger partial charge in [-0.05, 0) is 18.2 Å². The van der Waals surface area contributed by atoms with E-state index < -0.39 is 24.0 Å². The summed E-state index contributed by atoms with van der Waals surface area (Å²) in [5, 5.41) is 13.6. The van der Waals surface area contributed by atoms with Crippen molar-refractivity contribution < 1.29 is 28.9 Å². The molecule has 0 saturated heterocycles. The molecule has 0 atom stereocenters. The quantitative estimate of drug-likeness (QED) is 0.420. The van der Waals surface area contributed by atoms with Crippen LogP contribution in [0, 0.1) is 0 Å². The predicted octanol–water partition coefficient (Wildman–Crippen LogP) is 1.19. The number of thiazole rings is 1. The van der Waals surface area contributed by atoms with E-state index in [4.69, 9.17) is 14.2 Å². The number of ether oxygens (including phenoxy) is 3. The largest absolute Gasteiger partial charge is 0.493 e. The van der Waals surface area contributed by atoms with E-state index in [-0.39, 0.29) is 20.9 Å². The summed E-state index contributed by atoms with van der Waals surface area (Å²) in [7, 11) is 4.47. The van der Waals surface area contributed by atoms with Crippen LogP contribution in [0.5, 0.6) is 17.2 Å². The Morgan fingerprint density at radius 1 is 1.06 bits per heavy atom. The highest BCUT2D eigenvalue weighted by molar-refractivity contribution is 7.15. The van der Waals surface area contributed by atoms with Gasteiger partial charge in [0.15, 0.2) is 17.3 Å². The van der Waals surface area contributed by atoms with Gasteiger partial charge >= 0.3 is 5.97 Å². The van der Waals surface area contributed by atoms with E-state index in [0.29, 0.717) is 34.1 Å². The number of carbonyl (C=O) groups is 2. The number of anilines is 1. The Morgan fingerprint density at radius 2 is 1.74 bits per heavy atom. The molecular formula is C23H18N4O7S. The van der Waals surface area contributed by atoms with Gasteiger partial charge in [0, 0.05) is 11.1 Å². The molecule has 35 heavy (non-hydrogen) atoms. The molecule has 4 aromatic rings. The zero-order chi connectivity index (χ0) is 24.9. The topological polar surface area (TPSA) is 133 Å². The van der Waals surface area contributed by atoms with E-state index in [1.165, 1.54) is 21.3 Å². The standard InChI is InChI=1S/C23H18N4O7S/c1-32-14-8-11(9-15(33-2)18(14)34-3)20-24-23-27(25-20)22(31)19(35-23)17-12-6-4-5-7-13(12)26(21(17)30)10-16(28)29/h4-9H,10H2,1-3H3,(H,28,29). The van der Waals surface area contributed by atoms with Gasteiger partial charge in [-0.1, -0.05) is 29.5 Å². The maximum absolute atomic E-state index is 13.3. The molecule has 1 amide bonds. The van der Waals surface area contributed by atoms with Crippen molar-refractivity contribution in [3.63, 3.8) is 0 Å². The molecule has 5 rings (SSSR count). The van der Waals surface area contributed by atoms with Crippen LogP contribution < -0.4 is 29.2 Å². The summed E-state index contributed by atoms with van der Waals surface area (Å²) in [6.07, 6.45) is 0. The number of methoxy groups -OCH3 is 3. The highest BCUT2D eigenvalue weighted by atomic mass is 32.1. The number of aliphatic carboxylic acids is 1. The number of benzene rings is 2. The van der Waals surface area contributed by atoms with Crippen molar-refractivity contribution in [1.82, 2.24) is 14.6 Å². The molecule has 0 spiro atoms. The summed E-state index contributed by atoms with van der Waals surface area (Å²) < 4.78 is 17.4. The van der Waals surface area contributed by atoms with Crippen molar-refractivity contribution in [2.45, 2.75) is 0 Å². The van der Waals surface area contributed by atoms with Crippen molar-refractivity contribution in [1.29, 1.82) is 0 Å². The van der Waals surface area contributed by atoms with E-state index in [1.54, 1.807) is 36.4 Å². The van der Waals surface area contributed by atoms with Crippen molar-refractivity contribution in [2.24, 2.45) is 0 Å². The van der Waals surface area contributed by atoms with E-state index in [2.05, 4.69) is 10.1 Å². The summed E-state index contributed by atoms with van der Waals surface area (Å²) in [6.45, 7) is -0.514. The number of carboxylic acid groups (broad SMARTS) is 1. The van der Waals surface area contributed by atoms with Gasteiger partial charge in [0.25, 0.3) is 11.5 Å². The fourth-order valence-electron chi connectivity index (χ4n) is 4.01. The first kappa shape index (κ1) is 22.3. The molecule has 0 unspecified atom stereocenters. The molecule has 1 N–H and O–H groups in total. The minimum atomic E-state index is -1.16. The summed E-state index contributed by atoms with van der Waals surface area (Å²) in [4.78, 5) is 43.6. The van der Waals surface area contributed by atoms with E-state index in [9.17, 15) is 19.5 Å². The lowest BCUT2D eigenvalue weighted by Crippen LogP contribution is -2.35. The molecule has 0 aliphatic carbocycles. The Morgan fingerprint density at radius 3 is 2.34 bits per heavy atom. The molecule has 1 aliphatic heterocycles. The van der Waals surface area contributed by atoms with Crippen LogP contribution >= 0.6 is 11.3 Å². The third-order valence-electron chi connectivity index (χ3n) is 5.52. The first-order valence-corrected chi connectivity index (χ1v) is 11.1. The smallest absolute Gasteiger partial charge is 0.323 e. The van der Waals surface area contributed by atoms with Gasteiger partial charge < -0.3 is 19.3 Å². The first-order chi connectivity index (χ1) is 16.9. The van der Waals surface area contributed by atoms with Crippen LogP contribution in [0.4, 0.5) is 5.69 Å². The normalized spacial score (nSPS) is 14.4. The number of fused-ring (bicyclic) bond motifs is 2. The summed E-state index contributed by atoms with van der Waals surface area (Å²) in [5.41, 5.74) is 1.08. The molecule has 3 heterocycles. The maximum Gasteiger partial charge on any atom is 0.323 e. The predicted molar refractivity (Wildman–Crippen MR) is 126 cm³/mol. The van der Waals surface area contributed by atoms with Crippen molar-refractivity contribution in [2.75, 3.05) is 32.8 Å². The second kappa shape index (κ2) is 8.40. The summed E-state index contributed by atoms with van der Waals surface area (Å²) >= 11 is 1.01. The lowest BCUT2D eigenvalue weighted by atomic mass is 10.1. The Kier molecular flexibility index (Phi) is 5.36. The zero-order valence-corrected chi connectivity index (χ0v) is 19.6. The van der Waals surface area contributed by atoms with Crippen LogP contribution in [0.1, 0.15) is 5.56 Å². The van der Waals surface area contributed by atoms with E-state index >= 15 is 0 Å². The van der Waals surface area contributed by atoms with Crippen LogP contribution in [-0.2, 0) is 9.59 Å². The number of amides is 1. The fourth-order valence-corrected chi connectivity index (χ4v) is 5.01. The summed E-state index contributed by atoms with van der Waals surface area (Å²) in [6, 6.07) is 10.1. The van der Waals surface area contributed by atoms with Crippen LogP contribution in [0.25, 0.3) is 21.9 Å². The zero-order valence-electron chi connectivity index (χ0n) is 18.8. The minimum absolute atomic E-state index is 0.137. The van der Waals surface area contributed by atoms with Crippen LogP contribution in [0.3, 0.4) is 0 Å². The molecule has 2 aromatic heterocycles. The molecule has 178 valence electrons. The van der Waals surface area contributed by atoms with E-state index in [0.717, 1.165) is 20.8 Å². The van der Waals surface area contributed by atoms with Gasteiger partial charge in [0.2, 0.25) is 10.7 Å². The highest BCUT2D eigenvalue weighted by Gasteiger charge is 2.35. The van der Waals surface area contributed by atoms with Crippen LogP contribution in [0.2, 0.25) is 0 Å². The van der Waals surface area contributed by atoms with Gasteiger partial charge in [-0.15, -0.1) is 5.10 Å². The lowest BCUT2D eigenvalue weighted by Gasteiger charge is -2.13. The van der Waals surface area contributed by atoms with Crippen molar-refractivity contribution in [3.8, 4) is 28.6 Å². The minimum Gasteiger partial charge on any atom is -0.493 e. The Hall–Kier alpha value is -4.45. The number of aromatic nitrogens is 3. The average molecular weight is 494 g/mol. The third kappa shape index (κ3) is 3.46. The lowest BCUT2D eigenvalue weighted by molar-refractivity contribution is -0.136. The average Bonchev–Trinajstić information content (AvgIpc) is 3.49. The molecule has 0 bridgehead atoms. The number of rotatable bonds is 6. The molecule has 0 fully saturated rings. The van der Waals surface area contributed by atoms with Gasteiger partial charge in [0.05, 0.1) is 32.6 Å². The molecule has 0 saturated carbocycles. The second-order valence-electron chi connectivity index (χ2n) is 7.46. The number of para-hydroxylation sites is 1. The molecule has 2 aromatic carbocycles. The number of hydrogen-bond donors (Lipinski definition) is 1. The molecule has 0 radical (unpaired) electrons.